The zero-order valence-electron chi connectivity index (χ0n) is 10.2. The molecule has 0 amide bonds. The number of rotatable bonds is 6. The van der Waals surface area contributed by atoms with Crippen LogP contribution in [0, 0.1) is 0 Å². The van der Waals surface area contributed by atoms with Crippen molar-refractivity contribution in [3.63, 3.8) is 0 Å². The molecule has 0 saturated carbocycles. The van der Waals surface area contributed by atoms with Gasteiger partial charge in [-0.15, -0.1) is 0 Å². The molecule has 0 aliphatic rings. The Labute approximate surface area is 102 Å². The molecule has 2 nitrogen and oxygen atoms in total. The maximum atomic E-state index is 8.91. The van der Waals surface area contributed by atoms with E-state index in [1.165, 1.54) is 0 Å². The van der Waals surface area contributed by atoms with E-state index in [0.717, 1.165) is 17.7 Å². The fourth-order valence-corrected chi connectivity index (χ4v) is 1.42. The van der Waals surface area contributed by atoms with Gasteiger partial charge in [0.15, 0.2) is 0 Å². The van der Waals surface area contributed by atoms with Crippen LogP contribution in [0.1, 0.15) is 25.0 Å². The van der Waals surface area contributed by atoms with Gasteiger partial charge in [0.2, 0.25) is 0 Å². The number of thioether (sulfide) groups is 1. The number of hydrogen-bond donors (Lipinski definition) is 1. The van der Waals surface area contributed by atoms with Crippen LogP contribution in [0.2, 0.25) is 0 Å². The van der Waals surface area contributed by atoms with Gasteiger partial charge < -0.3 is 9.84 Å². The SMILES string of the molecule is CSC(C)(C)COCc1ccc(CO)cc1. The molecule has 1 rings (SSSR count). The second-order valence-electron chi connectivity index (χ2n) is 4.43. The Hall–Kier alpha value is -0.510. The molecule has 0 radical (unpaired) electrons. The predicted octanol–water partition coefficient (Wildman–Crippen LogP) is 2.84. The number of aliphatic hydroxyl groups is 1. The average molecular weight is 240 g/mol. The molecule has 1 aromatic rings. The van der Waals surface area contributed by atoms with Crippen molar-refractivity contribution in [1.82, 2.24) is 0 Å². The van der Waals surface area contributed by atoms with Gasteiger partial charge in [-0.25, -0.2) is 0 Å². The van der Waals surface area contributed by atoms with Crippen molar-refractivity contribution in [3.05, 3.63) is 35.4 Å². The highest BCUT2D eigenvalue weighted by Gasteiger charge is 2.15. The van der Waals surface area contributed by atoms with Gasteiger partial charge in [-0.2, -0.15) is 11.8 Å². The summed E-state index contributed by atoms with van der Waals surface area (Å²) in [6, 6.07) is 7.85. The van der Waals surface area contributed by atoms with Crippen molar-refractivity contribution in [3.8, 4) is 0 Å². The van der Waals surface area contributed by atoms with E-state index in [2.05, 4.69) is 20.1 Å². The molecule has 90 valence electrons. The average Bonchev–Trinajstić information content (AvgIpc) is 2.30. The summed E-state index contributed by atoms with van der Waals surface area (Å²) >= 11 is 1.81. The molecular weight excluding hydrogens is 220 g/mol. The molecule has 1 N–H and O–H groups in total. The minimum atomic E-state index is 0.0979. The van der Waals surface area contributed by atoms with E-state index < -0.39 is 0 Å². The number of hydrogen-bond acceptors (Lipinski definition) is 3. The van der Waals surface area contributed by atoms with Gasteiger partial charge in [0, 0.05) is 4.75 Å². The largest absolute Gasteiger partial charge is 0.392 e. The van der Waals surface area contributed by atoms with Gasteiger partial charge in [0.1, 0.15) is 0 Å². The van der Waals surface area contributed by atoms with E-state index in [1.807, 2.05) is 36.0 Å². The highest BCUT2D eigenvalue weighted by atomic mass is 32.2. The molecule has 3 heteroatoms. The van der Waals surface area contributed by atoms with Crippen LogP contribution in [-0.2, 0) is 18.0 Å². The summed E-state index contributed by atoms with van der Waals surface area (Å²) in [5.41, 5.74) is 2.09. The zero-order chi connectivity index (χ0) is 12.0. The summed E-state index contributed by atoms with van der Waals surface area (Å²) < 4.78 is 5.84. The third-order valence-electron chi connectivity index (χ3n) is 2.48. The molecule has 0 bridgehead atoms. The van der Waals surface area contributed by atoms with E-state index in [4.69, 9.17) is 9.84 Å². The molecule has 1 aromatic carbocycles. The maximum absolute atomic E-state index is 8.91. The van der Waals surface area contributed by atoms with Crippen LogP contribution in [0.25, 0.3) is 0 Å². The van der Waals surface area contributed by atoms with Gasteiger partial charge in [0.05, 0.1) is 19.8 Å². The Kier molecular flexibility index (Phi) is 5.32. The lowest BCUT2D eigenvalue weighted by Gasteiger charge is -2.21. The Morgan fingerprint density at radius 2 is 1.75 bits per heavy atom. The van der Waals surface area contributed by atoms with E-state index in [9.17, 15) is 0 Å². The maximum Gasteiger partial charge on any atom is 0.0717 e. The number of benzene rings is 1. The van der Waals surface area contributed by atoms with Crippen molar-refractivity contribution in [2.45, 2.75) is 31.8 Å². The monoisotopic (exact) mass is 240 g/mol. The molecule has 0 aliphatic carbocycles. The van der Waals surface area contributed by atoms with Crippen LogP contribution in [0.5, 0.6) is 0 Å². The minimum absolute atomic E-state index is 0.0979. The van der Waals surface area contributed by atoms with Gasteiger partial charge in [-0.05, 0) is 31.2 Å². The first kappa shape index (κ1) is 13.6. The van der Waals surface area contributed by atoms with E-state index in [-0.39, 0.29) is 11.4 Å². The minimum Gasteiger partial charge on any atom is -0.392 e. The summed E-state index contributed by atoms with van der Waals surface area (Å²) in [5.74, 6) is 0. The first-order chi connectivity index (χ1) is 7.57. The second kappa shape index (κ2) is 6.28. The molecule has 0 atom stereocenters. The van der Waals surface area contributed by atoms with Crippen LogP contribution < -0.4 is 0 Å². The van der Waals surface area contributed by atoms with Crippen molar-refractivity contribution < 1.29 is 9.84 Å². The van der Waals surface area contributed by atoms with Gasteiger partial charge in [-0.1, -0.05) is 24.3 Å². The highest BCUT2D eigenvalue weighted by molar-refractivity contribution is 7.99. The van der Waals surface area contributed by atoms with E-state index in [1.54, 1.807) is 0 Å². The molecule has 0 aromatic heterocycles. The predicted molar refractivity (Wildman–Crippen MR) is 69.6 cm³/mol. The molecule has 0 spiro atoms. The van der Waals surface area contributed by atoms with Crippen molar-refractivity contribution in [2.75, 3.05) is 12.9 Å². The van der Waals surface area contributed by atoms with Crippen LogP contribution in [-0.4, -0.2) is 22.7 Å². The fraction of sp³-hybridized carbons (Fsp3) is 0.538. The van der Waals surface area contributed by atoms with Gasteiger partial charge >= 0.3 is 0 Å². The van der Waals surface area contributed by atoms with Crippen LogP contribution in [0.4, 0.5) is 0 Å². The van der Waals surface area contributed by atoms with Gasteiger partial charge in [-0.3, -0.25) is 0 Å². The first-order valence-electron chi connectivity index (χ1n) is 5.39. The lowest BCUT2D eigenvalue weighted by atomic mass is 10.1. The Morgan fingerprint density at radius 3 is 2.25 bits per heavy atom. The summed E-state index contributed by atoms with van der Waals surface area (Å²) in [4.78, 5) is 0. The Bertz CT molecular complexity index is 306. The summed E-state index contributed by atoms with van der Waals surface area (Å²) in [5, 5.41) is 8.91. The third kappa shape index (κ3) is 4.56. The normalized spacial score (nSPS) is 11.8. The second-order valence-corrected chi connectivity index (χ2v) is 5.94. The van der Waals surface area contributed by atoms with Crippen molar-refractivity contribution in [2.24, 2.45) is 0 Å². The van der Waals surface area contributed by atoms with Crippen molar-refractivity contribution >= 4 is 11.8 Å². The zero-order valence-corrected chi connectivity index (χ0v) is 11.0. The topological polar surface area (TPSA) is 29.5 Å². The lowest BCUT2D eigenvalue weighted by molar-refractivity contribution is 0.106. The van der Waals surface area contributed by atoms with E-state index in [0.29, 0.717) is 6.61 Å². The summed E-state index contributed by atoms with van der Waals surface area (Å²) in [7, 11) is 0. The van der Waals surface area contributed by atoms with Crippen LogP contribution >= 0.6 is 11.8 Å². The number of ether oxygens (including phenoxy) is 1. The first-order valence-corrected chi connectivity index (χ1v) is 6.61. The molecule has 0 fully saturated rings. The lowest BCUT2D eigenvalue weighted by Crippen LogP contribution is -2.21. The molecule has 16 heavy (non-hydrogen) atoms. The third-order valence-corrected chi connectivity index (χ3v) is 3.70. The van der Waals surface area contributed by atoms with Crippen LogP contribution in [0.15, 0.2) is 24.3 Å². The molecule has 0 saturated heterocycles. The highest BCUT2D eigenvalue weighted by Crippen LogP contribution is 2.21. The van der Waals surface area contributed by atoms with E-state index >= 15 is 0 Å². The fourth-order valence-electron chi connectivity index (χ4n) is 1.21. The molecule has 0 heterocycles. The van der Waals surface area contributed by atoms with Crippen LogP contribution in [0.3, 0.4) is 0 Å². The molecule has 0 aliphatic heterocycles. The Morgan fingerprint density at radius 1 is 1.19 bits per heavy atom. The number of aliphatic hydroxyl groups excluding tert-OH is 1. The van der Waals surface area contributed by atoms with Gasteiger partial charge in [0.25, 0.3) is 0 Å². The smallest absolute Gasteiger partial charge is 0.0717 e. The molecular formula is C13H20O2S. The molecule has 0 unspecified atom stereocenters. The van der Waals surface area contributed by atoms with Crippen molar-refractivity contribution in [1.29, 1.82) is 0 Å². The summed E-state index contributed by atoms with van der Waals surface area (Å²) in [6.07, 6.45) is 2.10. The quantitative estimate of drug-likeness (QED) is 0.829. The Balaban J connectivity index is 2.37. The summed E-state index contributed by atoms with van der Waals surface area (Å²) in [6.45, 7) is 5.82. The standard InChI is InChI=1S/C13H20O2S/c1-13(2,16-3)10-15-9-12-6-4-11(8-14)5-7-12/h4-7,14H,8-10H2,1-3H3.